The average Bonchev–Trinajstić information content (AvgIpc) is 3.79. The minimum Gasteiger partial charge on any atom is -0.481 e. The fraction of sp³-hybridized carbons (Fsp3) is 0.265. The summed E-state index contributed by atoms with van der Waals surface area (Å²) in [6.45, 7) is 3.52. The zero-order valence-electron chi connectivity index (χ0n) is 24.8. The molecule has 1 aromatic heterocycles. The Morgan fingerprint density at radius 3 is 2.16 bits per heavy atom. The number of nitrogens with one attached hydrogen (secondary N) is 1. The van der Waals surface area contributed by atoms with Gasteiger partial charge in [-0.2, -0.15) is 0 Å². The Hall–Kier alpha value is -5.29. The van der Waals surface area contributed by atoms with Crippen LogP contribution in [0.1, 0.15) is 55.5 Å². The lowest BCUT2D eigenvalue weighted by Gasteiger charge is -2.16. The minimum atomic E-state index is -1.18. The van der Waals surface area contributed by atoms with Gasteiger partial charge in [-0.25, -0.2) is 9.59 Å². The van der Waals surface area contributed by atoms with Crippen molar-refractivity contribution in [3.8, 4) is 22.5 Å². The van der Waals surface area contributed by atoms with Gasteiger partial charge in [0.2, 0.25) is 0 Å². The Morgan fingerprint density at radius 1 is 0.956 bits per heavy atom. The van der Waals surface area contributed by atoms with Gasteiger partial charge < -0.3 is 24.8 Å². The van der Waals surface area contributed by atoms with Crippen molar-refractivity contribution in [2.45, 2.75) is 57.1 Å². The maximum atomic E-state index is 12.9. The predicted molar refractivity (Wildman–Crippen MR) is 164 cm³/mol. The number of amides is 1. The normalized spacial score (nSPS) is 14.6. The molecule has 2 atom stereocenters. The van der Waals surface area contributed by atoms with Gasteiger partial charge in [-0.05, 0) is 55.4 Å². The van der Waals surface area contributed by atoms with Gasteiger partial charge in [-0.3, -0.25) is 14.9 Å². The van der Waals surface area contributed by atoms with Crippen LogP contribution in [0.5, 0.6) is 0 Å². The van der Waals surface area contributed by atoms with Crippen molar-refractivity contribution in [3.05, 3.63) is 95.7 Å². The van der Waals surface area contributed by atoms with E-state index in [1.54, 1.807) is 13.8 Å². The number of carboxylic acid groups (broad SMARTS) is 1. The molecule has 5 rings (SSSR count). The van der Waals surface area contributed by atoms with Crippen LogP contribution >= 0.6 is 0 Å². The number of esters is 2. The molecule has 0 radical (unpaired) electrons. The van der Waals surface area contributed by atoms with E-state index in [0.29, 0.717) is 35.5 Å². The molecule has 0 saturated heterocycles. The van der Waals surface area contributed by atoms with Gasteiger partial charge in [-0.1, -0.05) is 84.0 Å². The smallest absolute Gasteiger partial charge is 0.412 e. The third-order valence-corrected chi connectivity index (χ3v) is 7.87. The second kappa shape index (κ2) is 13.1. The van der Waals surface area contributed by atoms with Crippen molar-refractivity contribution in [3.63, 3.8) is 0 Å². The Balaban J connectivity index is 1.23. The first-order valence-corrected chi connectivity index (χ1v) is 14.5. The largest absolute Gasteiger partial charge is 0.481 e. The minimum absolute atomic E-state index is 0.115. The summed E-state index contributed by atoms with van der Waals surface area (Å²) < 4.78 is 16.1. The quantitative estimate of drug-likeness (QED) is 0.137. The average molecular weight is 612 g/mol. The van der Waals surface area contributed by atoms with E-state index in [-0.39, 0.29) is 12.8 Å². The van der Waals surface area contributed by atoms with Crippen molar-refractivity contribution in [2.24, 2.45) is 5.73 Å². The number of nitrogens with two attached hydrogens (primary N) is 1. The summed E-state index contributed by atoms with van der Waals surface area (Å²) >= 11 is 0. The van der Waals surface area contributed by atoms with Crippen molar-refractivity contribution in [1.29, 1.82) is 0 Å². The molecule has 0 spiro atoms. The SMILES string of the molecule is Cc1noc(-c2ccc(-c3ccc(C4(C(=O)OC(=O)[C@@H](N)CCC(=O)O)CC4)cc3)cc2)c1NC(=O)O[C@H](C)c1ccccc1. The van der Waals surface area contributed by atoms with Crippen molar-refractivity contribution < 1.29 is 38.3 Å². The van der Waals surface area contributed by atoms with Crippen molar-refractivity contribution in [1.82, 2.24) is 5.16 Å². The summed E-state index contributed by atoms with van der Waals surface area (Å²) in [6, 6.07) is 23.2. The van der Waals surface area contributed by atoms with Crippen LogP contribution in [0.3, 0.4) is 0 Å². The highest BCUT2D eigenvalue weighted by Gasteiger charge is 2.53. The highest BCUT2D eigenvalue weighted by atomic mass is 16.6. The molecule has 232 valence electrons. The Morgan fingerprint density at radius 2 is 1.56 bits per heavy atom. The van der Waals surface area contributed by atoms with Crippen LogP contribution in [0.2, 0.25) is 0 Å². The van der Waals surface area contributed by atoms with Crippen LogP contribution in [0.25, 0.3) is 22.5 Å². The summed E-state index contributed by atoms with van der Waals surface area (Å²) in [5, 5.41) is 15.6. The molecular weight excluding hydrogens is 578 g/mol. The fourth-order valence-corrected chi connectivity index (χ4v) is 4.99. The van der Waals surface area contributed by atoms with E-state index in [4.69, 9.17) is 24.8 Å². The Labute approximate surface area is 259 Å². The molecule has 0 aliphatic heterocycles. The van der Waals surface area contributed by atoms with E-state index in [1.807, 2.05) is 78.9 Å². The second-order valence-electron chi connectivity index (χ2n) is 11.0. The van der Waals surface area contributed by atoms with Crippen LogP contribution in [-0.2, 0) is 29.3 Å². The summed E-state index contributed by atoms with van der Waals surface area (Å²) in [5.41, 5.74) is 9.79. The van der Waals surface area contributed by atoms with Crippen molar-refractivity contribution in [2.75, 3.05) is 5.32 Å². The lowest BCUT2D eigenvalue weighted by molar-refractivity contribution is -0.162. The van der Waals surface area contributed by atoms with Gasteiger partial charge in [0, 0.05) is 12.0 Å². The lowest BCUT2D eigenvalue weighted by Crippen LogP contribution is -2.37. The number of ether oxygens (including phenoxy) is 2. The summed E-state index contributed by atoms with van der Waals surface area (Å²) in [5.74, 6) is -2.30. The third-order valence-electron chi connectivity index (χ3n) is 7.87. The van der Waals surface area contributed by atoms with Crippen LogP contribution in [0.15, 0.2) is 83.4 Å². The summed E-state index contributed by atoms with van der Waals surface area (Å²) in [6.07, 6.45) is -0.421. The number of carboxylic acids is 1. The Kier molecular flexibility index (Phi) is 9.10. The molecule has 1 fully saturated rings. The lowest BCUT2D eigenvalue weighted by atomic mass is 9.93. The highest BCUT2D eigenvalue weighted by Crippen LogP contribution is 2.49. The van der Waals surface area contributed by atoms with Gasteiger partial charge in [-0.15, -0.1) is 0 Å². The maximum absolute atomic E-state index is 12.9. The van der Waals surface area contributed by atoms with Crippen molar-refractivity contribution >= 4 is 29.7 Å². The number of hydrogen-bond donors (Lipinski definition) is 3. The fourth-order valence-electron chi connectivity index (χ4n) is 4.99. The Bertz CT molecular complexity index is 1690. The number of anilines is 1. The van der Waals surface area contributed by atoms with E-state index in [0.717, 1.165) is 22.3 Å². The van der Waals surface area contributed by atoms with Gasteiger partial charge in [0.1, 0.15) is 23.5 Å². The molecular formula is C34H33N3O8. The summed E-state index contributed by atoms with van der Waals surface area (Å²) in [4.78, 5) is 48.5. The molecule has 0 unspecified atom stereocenters. The van der Waals surface area contributed by atoms with Gasteiger partial charge in [0.25, 0.3) is 0 Å². The van der Waals surface area contributed by atoms with Gasteiger partial charge >= 0.3 is 24.0 Å². The molecule has 1 heterocycles. The molecule has 3 aromatic carbocycles. The molecule has 1 aliphatic rings. The first kappa shape index (κ1) is 31.1. The number of hydrogen-bond acceptors (Lipinski definition) is 9. The van der Waals surface area contributed by atoms with Crippen LogP contribution < -0.4 is 11.1 Å². The molecule has 4 aromatic rings. The molecule has 1 saturated carbocycles. The number of carbonyl (C=O) groups excluding carboxylic acids is 3. The first-order valence-electron chi connectivity index (χ1n) is 14.5. The highest BCUT2D eigenvalue weighted by molar-refractivity contribution is 5.96. The first-order chi connectivity index (χ1) is 21.6. The second-order valence-corrected chi connectivity index (χ2v) is 11.0. The predicted octanol–water partition coefficient (Wildman–Crippen LogP) is 5.92. The maximum Gasteiger partial charge on any atom is 0.412 e. The van der Waals surface area contributed by atoms with Crippen LogP contribution in [-0.4, -0.2) is 40.3 Å². The number of benzene rings is 3. The molecule has 4 N–H and O–H groups in total. The molecule has 11 nitrogen and oxygen atoms in total. The van der Waals surface area contributed by atoms with E-state index < -0.39 is 41.6 Å². The number of carbonyl (C=O) groups is 4. The molecule has 11 heteroatoms. The number of aryl methyl sites for hydroxylation is 1. The monoisotopic (exact) mass is 611 g/mol. The number of nitrogens with zero attached hydrogens (tertiary/aromatic N) is 1. The van der Waals surface area contributed by atoms with E-state index >= 15 is 0 Å². The zero-order valence-corrected chi connectivity index (χ0v) is 24.8. The van der Waals surface area contributed by atoms with Gasteiger partial charge in [0.05, 0.1) is 5.41 Å². The number of rotatable bonds is 11. The van der Waals surface area contributed by atoms with E-state index in [1.165, 1.54) is 0 Å². The number of aromatic nitrogens is 1. The zero-order chi connectivity index (χ0) is 32.1. The number of aliphatic carboxylic acids is 1. The standard InChI is InChI=1S/C34H33N3O8/c1-20-29(36-33(42)43-21(2)22-6-4-3-5-7-22)30(45-37-20)25-10-8-23(9-11-25)24-12-14-26(15-13-24)34(18-19-34)32(41)44-31(40)27(35)16-17-28(38)39/h3-15,21,27H,16-19,35H2,1-2H3,(H,36,42)(H,38,39)/t21-,27+/m1/s1. The van der Waals surface area contributed by atoms with Gasteiger partial charge in [0.15, 0.2) is 5.76 Å². The molecule has 1 amide bonds. The topological polar surface area (TPSA) is 171 Å². The summed E-state index contributed by atoms with van der Waals surface area (Å²) in [7, 11) is 0. The molecule has 0 bridgehead atoms. The van der Waals surface area contributed by atoms with Crippen LogP contribution in [0.4, 0.5) is 10.5 Å². The third kappa shape index (κ3) is 7.10. The molecule has 1 aliphatic carbocycles. The molecule has 45 heavy (non-hydrogen) atoms. The van der Waals surface area contributed by atoms with Crippen LogP contribution in [0, 0.1) is 6.92 Å². The van der Waals surface area contributed by atoms with E-state index in [9.17, 15) is 19.2 Å². The van der Waals surface area contributed by atoms with E-state index in [2.05, 4.69) is 10.5 Å².